The normalized spacial score (nSPS) is 11.5. The van der Waals surface area contributed by atoms with Crippen LogP contribution in [0.1, 0.15) is 0 Å². The SMILES string of the molecule is FC(F)(F)Nc1cc(Br)cc(SS)c1. The zero-order valence-electron chi connectivity index (χ0n) is 6.60. The van der Waals surface area contributed by atoms with Crippen molar-refractivity contribution in [2.75, 3.05) is 5.32 Å². The van der Waals surface area contributed by atoms with E-state index in [1.54, 1.807) is 6.07 Å². The molecule has 0 amide bonds. The summed E-state index contributed by atoms with van der Waals surface area (Å²) in [7, 11) is 1.08. The van der Waals surface area contributed by atoms with Crippen LogP contribution < -0.4 is 5.32 Å². The first-order valence-electron chi connectivity index (χ1n) is 3.37. The second-order valence-electron chi connectivity index (χ2n) is 2.39. The molecule has 78 valence electrons. The summed E-state index contributed by atoms with van der Waals surface area (Å²) in [5.41, 5.74) is -0.0107. The zero-order chi connectivity index (χ0) is 10.8. The topological polar surface area (TPSA) is 12.0 Å². The van der Waals surface area contributed by atoms with Gasteiger partial charge in [0.2, 0.25) is 0 Å². The molecule has 0 saturated carbocycles. The van der Waals surface area contributed by atoms with Gasteiger partial charge in [0.15, 0.2) is 0 Å². The van der Waals surface area contributed by atoms with Crippen molar-refractivity contribution in [3.8, 4) is 0 Å². The lowest BCUT2D eigenvalue weighted by molar-refractivity contribution is -0.0999. The number of anilines is 1. The zero-order valence-corrected chi connectivity index (χ0v) is 9.90. The third-order valence-electron chi connectivity index (χ3n) is 1.26. The van der Waals surface area contributed by atoms with E-state index in [-0.39, 0.29) is 5.69 Å². The van der Waals surface area contributed by atoms with Gasteiger partial charge in [-0.05, 0) is 18.2 Å². The molecule has 0 fully saturated rings. The maximum Gasteiger partial charge on any atom is 0.482 e. The highest BCUT2D eigenvalue weighted by Gasteiger charge is 2.27. The van der Waals surface area contributed by atoms with Crippen molar-refractivity contribution in [1.29, 1.82) is 0 Å². The summed E-state index contributed by atoms with van der Waals surface area (Å²) in [4.78, 5) is 0.634. The van der Waals surface area contributed by atoms with Gasteiger partial charge in [-0.3, -0.25) is 5.32 Å². The van der Waals surface area contributed by atoms with E-state index in [2.05, 4.69) is 27.6 Å². The first kappa shape index (κ1) is 12.1. The molecule has 0 aromatic heterocycles. The molecule has 0 radical (unpaired) electrons. The van der Waals surface area contributed by atoms with Crippen molar-refractivity contribution in [2.45, 2.75) is 11.2 Å². The standard InChI is InChI=1S/C7H5BrF3NS2/c8-4-1-5(12-7(9,10)11)3-6(2-4)14-13/h1-3,12-13H. The summed E-state index contributed by atoms with van der Waals surface area (Å²) in [6.07, 6.45) is -4.42. The van der Waals surface area contributed by atoms with E-state index in [0.717, 1.165) is 10.8 Å². The van der Waals surface area contributed by atoms with Crippen LogP contribution in [0.3, 0.4) is 0 Å². The number of rotatable bonds is 2. The summed E-state index contributed by atoms with van der Waals surface area (Å²) >= 11 is 7.01. The van der Waals surface area contributed by atoms with E-state index in [1.165, 1.54) is 17.4 Å². The molecule has 0 bridgehead atoms. The summed E-state index contributed by atoms with van der Waals surface area (Å²) in [5.74, 6) is 0. The van der Waals surface area contributed by atoms with Crippen LogP contribution >= 0.6 is 38.4 Å². The number of thiol groups is 1. The van der Waals surface area contributed by atoms with Gasteiger partial charge in [-0.1, -0.05) is 26.7 Å². The Kier molecular flexibility index (Phi) is 4.03. The lowest BCUT2D eigenvalue weighted by Gasteiger charge is -2.10. The number of alkyl halides is 3. The van der Waals surface area contributed by atoms with Gasteiger partial charge in [0.1, 0.15) is 0 Å². The molecule has 1 rings (SSSR count). The van der Waals surface area contributed by atoms with Gasteiger partial charge in [0, 0.05) is 15.1 Å². The third-order valence-corrected chi connectivity index (χ3v) is 2.80. The fourth-order valence-corrected chi connectivity index (χ4v) is 2.17. The Labute approximate surface area is 96.4 Å². The van der Waals surface area contributed by atoms with Crippen molar-refractivity contribution < 1.29 is 13.2 Å². The summed E-state index contributed by atoms with van der Waals surface area (Å²) in [6.45, 7) is 0. The van der Waals surface area contributed by atoms with Crippen molar-refractivity contribution in [3.63, 3.8) is 0 Å². The highest BCUT2D eigenvalue weighted by Crippen LogP contribution is 2.30. The van der Waals surface area contributed by atoms with E-state index in [9.17, 15) is 13.2 Å². The summed E-state index contributed by atoms with van der Waals surface area (Å²) < 4.78 is 36.4. The smallest absolute Gasteiger partial charge is 0.297 e. The first-order chi connectivity index (χ1) is 6.40. The molecule has 0 aliphatic heterocycles. The number of benzene rings is 1. The fourth-order valence-electron chi connectivity index (χ4n) is 0.851. The van der Waals surface area contributed by atoms with Gasteiger partial charge < -0.3 is 0 Å². The number of nitrogens with one attached hydrogen (secondary N) is 1. The van der Waals surface area contributed by atoms with Crippen molar-refractivity contribution in [1.82, 2.24) is 0 Å². The van der Waals surface area contributed by atoms with Crippen molar-refractivity contribution >= 4 is 44.1 Å². The highest BCUT2D eigenvalue weighted by molar-refractivity contribution is 9.10. The fraction of sp³-hybridized carbons (Fsp3) is 0.143. The molecule has 0 unspecified atom stereocenters. The maximum absolute atomic E-state index is 12.0. The van der Waals surface area contributed by atoms with Crippen LogP contribution in [0.5, 0.6) is 0 Å². The summed E-state index contributed by atoms with van der Waals surface area (Å²) in [5, 5.41) is 1.42. The van der Waals surface area contributed by atoms with Gasteiger partial charge in [-0.15, -0.1) is 11.7 Å². The number of hydrogen-bond acceptors (Lipinski definition) is 3. The monoisotopic (exact) mass is 303 g/mol. The minimum atomic E-state index is -4.42. The Morgan fingerprint density at radius 1 is 1.29 bits per heavy atom. The molecule has 7 heteroatoms. The Balaban J connectivity index is 2.92. The molecule has 0 atom stereocenters. The Bertz CT molecular complexity index is 329. The van der Waals surface area contributed by atoms with Gasteiger partial charge in [0.05, 0.1) is 0 Å². The second kappa shape index (κ2) is 4.67. The second-order valence-corrected chi connectivity index (χ2v) is 4.51. The van der Waals surface area contributed by atoms with Crippen LogP contribution in [-0.2, 0) is 0 Å². The van der Waals surface area contributed by atoms with E-state index < -0.39 is 6.30 Å². The maximum atomic E-state index is 12.0. The molecule has 1 nitrogen and oxygen atoms in total. The minimum Gasteiger partial charge on any atom is -0.297 e. The van der Waals surface area contributed by atoms with Gasteiger partial charge in [-0.25, -0.2) is 0 Å². The van der Waals surface area contributed by atoms with E-state index in [4.69, 9.17) is 0 Å². The molecule has 0 aliphatic rings. The van der Waals surface area contributed by atoms with Gasteiger partial charge in [-0.2, -0.15) is 13.2 Å². The summed E-state index contributed by atoms with van der Waals surface area (Å²) in [6, 6.07) is 4.40. The van der Waals surface area contributed by atoms with E-state index in [0.29, 0.717) is 9.37 Å². The highest BCUT2D eigenvalue weighted by atomic mass is 79.9. The first-order valence-corrected chi connectivity index (χ1v) is 6.04. The molecule has 0 saturated heterocycles. The van der Waals surface area contributed by atoms with Crippen LogP contribution in [0.25, 0.3) is 0 Å². The lowest BCUT2D eigenvalue weighted by Crippen LogP contribution is -2.20. The molecule has 1 aromatic carbocycles. The van der Waals surface area contributed by atoms with Crippen LogP contribution in [0.4, 0.5) is 18.9 Å². The molecule has 1 N–H and O–H groups in total. The molecule has 0 heterocycles. The van der Waals surface area contributed by atoms with Crippen LogP contribution in [0.2, 0.25) is 0 Å². The largest absolute Gasteiger partial charge is 0.482 e. The van der Waals surface area contributed by atoms with Crippen molar-refractivity contribution in [3.05, 3.63) is 22.7 Å². The van der Waals surface area contributed by atoms with Crippen LogP contribution in [-0.4, -0.2) is 6.30 Å². The number of hydrogen-bond donors (Lipinski definition) is 2. The predicted octanol–water partition coefficient (Wildman–Crippen LogP) is 4.32. The molecule has 14 heavy (non-hydrogen) atoms. The molecular formula is C7H5BrF3NS2. The third kappa shape index (κ3) is 4.02. The van der Waals surface area contributed by atoms with Crippen LogP contribution in [0, 0.1) is 0 Å². The minimum absolute atomic E-state index is 0.0107. The van der Waals surface area contributed by atoms with E-state index in [1.807, 2.05) is 0 Å². The molecule has 1 aromatic rings. The average molecular weight is 304 g/mol. The Morgan fingerprint density at radius 2 is 1.93 bits per heavy atom. The van der Waals surface area contributed by atoms with Crippen LogP contribution in [0.15, 0.2) is 27.6 Å². The average Bonchev–Trinajstić information content (AvgIpc) is 1.99. The Morgan fingerprint density at radius 3 is 2.43 bits per heavy atom. The molecular weight excluding hydrogens is 299 g/mol. The number of halogens is 4. The van der Waals surface area contributed by atoms with Gasteiger partial charge >= 0.3 is 6.30 Å². The molecule has 0 spiro atoms. The predicted molar refractivity (Wildman–Crippen MR) is 58.7 cm³/mol. The lowest BCUT2D eigenvalue weighted by atomic mass is 10.3. The van der Waals surface area contributed by atoms with E-state index >= 15 is 0 Å². The Hall–Kier alpha value is -0.0100. The molecule has 0 aliphatic carbocycles. The van der Waals surface area contributed by atoms with Crippen molar-refractivity contribution in [2.24, 2.45) is 0 Å². The van der Waals surface area contributed by atoms with Gasteiger partial charge in [0.25, 0.3) is 0 Å². The quantitative estimate of drug-likeness (QED) is 0.479.